The summed E-state index contributed by atoms with van der Waals surface area (Å²) in [6, 6.07) is 0. The summed E-state index contributed by atoms with van der Waals surface area (Å²) in [5, 5.41) is 6.73. The fourth-order valence-electron chi connectivity index (χ4n) is 1.57. The van der Waals surface area contributed by atoms with Gasteiger partial charge in [0.2, 0.25) is 0 Å². The van der Waals surface area contributed by atoms with E-state index in [-0.39, 0.29) is 0 Å². The van der Waals surface area contributed by atoms with Crippen LogP contribution in [-0.4, -0.2) is 16.5 Å². The highest BCUT2D eigenvalue weighted by atomic mass is 32.1. The van der Waals surface area contributed by atoms with E-state index >= 15 is 0 Å². The van der Waals surface area contributed by atoms with E-state index in [2.05, 4.69) is 41.4 Å². The molecule has 1 unspecified atom stereocenters. The summed E-state index contributed by atoms with van der Waals surface area (Å²) in [5.41, 5.74) is 1.26. The summed E-state index contributed by atoms with van der Waals surface area (Å²) in [6.45, 7) is 7.53. The monoisotopic (exact) mass is 235 g/mol. The first kappa shape index (κ1) is 11.3. The highest BCUT2D eigenvalue weighted by Gasteiger charge is 2.08. The zero-order valence-corrected chi connectivity index (χ0v) is 10.8. The first-order valence-electron chi connectivity index (χ1n) is 5.65. The van der Waals surface area contributed by atoms with Crippen LogP contribution in [0.4, 0.5) is 5.82 Å². The van der Waals surface area contributed by atoms with E-state index in [1.54, 1.807) is 17.7 Å². The third-order valence-electron chi connectivity index (χ3n) is 2.87. The van der Waals surface area contributed by atoms with Crippen molar-refractivity contribution in [2.24, 2.45) is 5.92 Å². The van der Waals surface area contributed by atoms with Gasteiger partial charge in [0, 0.05) is 6.54 Å². The lowest BCUT2D eigenvalue weighted by atomic mass is 10.1. The molecular formula is C12H17N3S. The molecule has 0 aromatic carbocycles. The molecule has 0 bridgehead atoms. The molecular weight excluding hydrogens is 218 g/mol. The smallest absolute Gasteiger partial charge is 0.138 e. The van der Waals surface area contributed by atoms with Crippen LogP contribution in [-0.2, 0) is 0 Å². The first-order chi connectivity index (χ1) is 7.72. The quantitative estimate of drug-likeness (QED) is 0.882. The van der Waals surface area contributed by atoms with E-state index in [9.17, 15) is 0 Å². The Hall–Kier alpha value is -1.16. The Morgan fingerprint density at radius 1 is 1.44 bits per heavy atom. The minimum atomic E-state index is 0.670. The Labute approximate surface area is 99.9 Å². The summed E-state index contributed by atoms with van der Waals surface area (Å²) >= 11 is 1.68. The molecule has 4 heteroatoms. The molecule has 86 valence electrons. The lowest BCUT2D eigenvalue weighted by molar-refractivity contribution is 0.593. The van der Waals surface area contributed by atoms with Crippen LogP contribution in [0.2, 0.25) is 0 Å². The van der Waals surface area contributed by atoms with E-state index in [0.717, 1.165) is 17.2 Å². The molecule has 0 aliphatic rings. The van der Waals surface area contributed by atoms with Gasteiger partial charge in [-0.05, 0) is 23.8 Å². The minimum absolute atomic E-state index is 0.670. The van der Waals surface area contributed by atoms with Gasteiger partial charge < -0.3 is 5.32 Å². The molecule has 2 aromatic heterocycles. The fraction of sp³-hybridized carbons (Fsp3) is 0.500. The largest absolute Gasteiger partial charge is 0.369 e. The Balaban J connectivity index is 2.26. The molecule has 0 aliphatic heterocycles. The number of nitrogens with one attached hydrogen (secondary N) is 1. The summed E-state index contributed by atoms with van der Waals surface area (Å²) in [4.78, 5) is 9.68. The van der Waals surface area contributed by atoms with Crippen LogP contribution in [0.5, 0.6) is 0 Å². The highest BCUT2D eigenvalue weighted by molar-refractivity contribution is 7.17. The molecule has 0 amide bonds. The van der Waals surface area contributed by atoms with Gasteiger partial charge in [0.05, 0.1) is 5.39 Å². The molecule has 0 spiro atoms. The van der Waals surface area contributed by atoms with Crippen LogP contribution < -0.4 is 5.32 Å². The van der Waals surface area contributed by atoms with Crippen LogP contribution in [0.25, 0.3) is 10.2 Å². The molecule has 0 radical (unpaired) electrons. The van der Waals surface area contributed by atoms with E-state index in [1.807, 2.05) is 0 Å². The minimum Gasteiger partial charge on any atom is -0.369 e. The third kappa shape index (κ3) is 2.16. The predicted octanol–water partition coefficient (Wildman–Crippen LogP) is 3.46. The Kier molecular flexibility index (Phi) is 3.39. The maximum atomic E-state index is 4.33. The number of thiophene rings is 1. The Morgan fingerprint density at radius 2 is 2.25 bits per heavy atom. The average Bonchev–Trinajstić information content (AvgIpc) is 2.69. The standard InChI is InChI=1S/C12H17N3S/c1-4-8(2)5-13-11-10-9(3)6-16-12(10)15-7-14-11/h6-8H,4-5H2,1-3H3,(H,13,14,15). The third-order valence-corrected chi connectivity index (χ3v) is 3.87. The number of hydrogen-bond donors (Lipinski definition) is 1. The van der Waals surface area contributed by atoms with Crippen molar-refractivity contribution in [1.29, 1.82) is 0 Å². The molecule has 1 N–H and O–H groups in total. The molecule has 2 rings (SSSR count). The molecule has 2 heterocycles. The van der Waals surface area contributed by atoms with E-state index < -0.39 is 0 Å². The number of anilines is 1. The van der Waals surface area contributed by atoms with Crippen molar-refractivity contribution in [2.75, 3.05) is 11.9 Å². The van der Waals surface area contributed by atoms with Gasteiger partial charge in [-0.1, -0.05) is 20.3 Å². The van der Waals surface area contributed by atoms with Crippen LogP contribution in [0.1, 0.15) is 25.8 Å². The normalized spacial score (nSPS) is 12.9. The van der Waals surface area contributed by atoms with Gasteiger partial charge in [-0.15, -0.1) is 11.3 Å². The van der Waals surface area contributed by atoms with E-state index in [1.165, 1.54) is 17.4 Å². The first-order valence-corrected chi connectivity index (χ1v) is 6.53. The van der Waals surface area contributed by atoms with Gasteiger partial charge >= 0.3 is 0 Å². The van der Waals surface area contributed by atoms with Crippen LogP contribution >= 0.6 is 11.3 Å². The molecule has 0 aliphatic carbocycles. The number of fused-ring (bicyclic) bond motifs is 1. The lowest BCUT2D eigenvalue weighted by Crippen LogP contribution is -2.11. The molecule has 1 atom stereocenters. The van der Waals surface area contributed by atoms with Crippen molar-refractivity contribution in [3.63, 3.8) is 0 Å². The molecule has 0 fully saturated rings. The average molecular weight is 235 g/mol. The topological polar surface area (TPSA) is 37.8 Å². The maximum absolute atomic E-state index is 4.33. The lowest BCUT2D eigenvalue weighted by Gasteiger charge is -2.11. The van der Waals surface area contributed by atoms with Crippen molar-refractivity contribution >= 4 is 27.4 Å². The van der Waals surface area contributed by atoms with E-state index in [4.69, 9.17) is 0 Å². The van der Waals surface area contributed by atoms with Crippen LogP contribution in [0.3, 0.4) is 0 Å². The molecule has 0 saturated heterocycles. The second-order valence-electron chi connectivity index (χ2n) is 4.22. The molecule has 2 aromatic rings. The van der Waals surface area contributed by atoms with Crippen molar-refractivity contribution in [3.8, 4) is 0 Å². The number of hydrogen-bond acceptors (Lipinski definition) is 4. The van der Waals surface area contributed by atoms with Gasteiger partial charge in [0.15, 0.2) is 0 Å². The number of aromatic nitrogens is 2. The summed E-state index contributed by atoms with van der Waals surface area (Å²) in [6.07, 6.45) is 2.82. The van der Waals surface area contributed by atoms with Gasteiger partial charge in [-0.3, -0.25) is 0 Å². The van der Waals surface area contributed by atoms with Crippen LogP contribution in [0, 0.1) is 12.8 Å². The van der Waals surface area contributed by atoms with Crippen molar-refractivity contribution in [1.82, 2.24) is 9.97 Å². The van der Waals surface area contributed by atoms with Crippen LogP contribution in [0.15, 0.2) is 11.7 Å². The molecule has 16 heavy (non-hydrogen) atoms. The molecule has 3 nitrogen and oxygen atoms in total. The summed E-state index contributed by atoms with van der Waals surface area (Å²) < 4.78 is 0. The summed E-state index contributed by atoms with van der Waals surface area (Å²) in [5.74, 6) is 1.65. The number of rotatable bonds is 4. The SMILES string of the molecule is CCC(C)CNc1ncnc2scc(C)c12. The van der Waals surface area contributed by atoms with Crippen molar-refractivity contribution in [2.45, 2.75) is 27.2 Å². The summed E-state index contributed by atoms with van der Waals surface area (Å²) in [7, 11) is 0. The maximum Gasteiger partial charge on any atom is 0.138 e. The molecule has 0 saturated carbocycles. The fourth-order valence-corrected chi connectivity index (χ4v) is 2.46. The predicted molar refractivity (Wildman–Crippen MR) is 70.1 cm³/mol. The van der Waals surface area contributed by atoms with Gasteiger partial charge in [0.25, 0.3) is 0 Å². The highest BCUT2D eigenvalue weighted by Crippen LogP contribution is 2.28. The van der Waals surface area contributed by atoms with E-state index in [0.29, 0.717) is 5.92 Å². The second-order valence-corrected chi connectivity index (χ2v) is 5.07. The Bertz CT molecular complexity index is 478. The Morgan fingerprint density at radius 3 is 3.00 bits per heavy atom. The number of aryl methyl sites for hydroxylation is 1. The van der Waals surface area contributed by atoms with Crippen molar-refractivity contribution < 1.29 is 0 Å². The van der Waals surface area contributed by atoms with Gasteiger partial charge in [-0.25, -0.2) is 9.97 Å². The van der Waals surface area contributed by atoms with Gasteiger partial charge in [-0.2, -0.15) is 0 Å². The number of nitrogens with zero attached hydrogens (tertiary/aromatic N) is 2. The second kappa shape index (κ2) is 4.78. The van der Waals surface area contributed by atoms with Crippen molar-refractivity contribution in [3.05, 3.63) is 17.3 Å². The zero-order valence-electron chi connectivity index (χ0n) is 9.95. The zero-order chi connectivity index (χ0) is 11.5. The van der Waals surface area contributed by atoms with Gasteiger partial charge in [0.1, 0.15) is 17.0 Å².